The number of hydrogen-bond donors (Lipinski definition) is 1. The van der Waals surface area contributed by atoms with Gasteiger partial charge in [0.1, 0.15) is 18.1 Å². The SMILES string of the molecule is COc1ccc(-c2ccc(COc3ccc4c(c3)CCC(CCN)C4)cn2)cc1. The summed E-state index contributed by atoms with van der Waals surface area (Å²) in [6.07, 6.45) is 6.50. The van der Waals surface area contributed by atoms with Crippen LogP contribution in [-0.4, -0.2) is 18.6 Å². The van der Waals surface area contributed by atoms with Crippen molar-refractivity contribution < 1.29 is 9.47 Å². The van der Waals surface area contributed by atoms with Crippen LogP contribution in [0.5, 0.6) is 11.5 Å². The maximum atomic E-state index is 6.03. The quantitative estimate of drug-likeness (QED) is 0.632. The molecule has 4 nitrogen and oxygen atoms in total. The van der Waals surface area contributed by atoms with E-state index in [0.717, 1.165) is 60.0 Å². The standard InChI is InChI=1S/C25H28N2O2/c1-28-23-8-5-20(6-9-23)25-11-3-19(16-27-25)17-29-24-10-7-21-14-18(12-13-26)2-4-22(21)15-24/h3,5-11,15-16,18H,2,4,12-14,17,26H2,1H3. The summed E-state index contributed by atoms with van der Waals surface area (Å²) in [5.74, 6) is 2.51. The molecule has 1 aromatic heterocycles. The highest BCUT2D eigenvalue weighted by atomic mass is 16.5. The zero-order valence-electron chi connectivity index (χ0n) is 16.9. The fourth-order valence-electron chi connectivity index (χ4n) is 3.99. The summed E-state index contributed by atoms with van der Waals surface area (Å²) in [5, 5.41) is 0. The largest absolute Gasteiger partial charge is 0.497 e. The minimum absolute atomic E-state index is 0.518. The number of aromatic nitrogens is 1. The third-order valence-electron chi connectivity index (χ3n) is 5.70. The number of fused-ring (bicyclic) bond motifs is 1. The third kappa shape index (κ3) is 4.77. The number of aryl methyl sites for hydroxylation is 1. The second-order valence-corrected chi connectivity index (χ2v) is 7.69. The van der Waals surface area contributed by atoms with Crippen LogP contribution in [0.2, 0.25) is 0 Å². The van der Waals surface area contributed by atoms with Gasteiger partial charge in [-0.05, 0) is 91.7 Å². The lowest BCUT2D eigenvalue weighted by Crippen LogP contribution is -2.17. The smallest absolute Gasteiger partial charge is 0.120 e. The van der Waals surface area contributed by atoms with Crippen LogP contribution in [0, 0.1) is 5.92 Å². The lowest BCUT2D eigenvalue weighted by Gasteiger charge is -2.24. The molecule has 0 spiro atoms. The maximum absolute atomic E-state index is 6.03. The van der Waals surface area contributed by atoms with Crippen LogP contribution in [0.4, 0.5) is 0 Å². The molecule has 0 bridgehead atoms. The molecule has 0 radical (unpaired) electrons. The van der Waals surface area contributed by atoms with Gasteiger partial charge in [0.05, 0.1) is 12.8 Å². The second kappa shape index (κ2) is 9.10. The molecule has 1 aliphatic rings. The molecule has 3 aromatic rings. The molecule has 0 saturated carbocycles. The number of nitrogens with two attached hydrogens (primary N) is 1. The van der Waals surface area contributed by atoms with Crippen molar-refractivity contribution >= 4 is 0 Å². The molecule has 4 heteroatoms. The topological polar surface area (TPSA) is 57.4 Å². The fraction of sp³-hybridized carbons (Fsp3) is 0.320. The van der Waals surface area contributed by atoms with Gasteiger partial charge in [-0.1, -0.05) is 12.1 Å². The van der Waals surface area contributed by atoms with Gasteiger partial charge >= 0.3 is 0 Å². The van der Waals surface area contributed by atoms with Crippen molar-refractivity contribution in [2.45, 2.75) is 32.3 Å². The normalized spacial score (nSPS) is 15.6. The van der Waals surface area contributed by atoms with Crippen molar-refractivity contribution in [3.05, 3.63) is 77.5 Å². The molecule has 0 aliphatic heterocycles. The molecule has 1 heterocycles. The number of pyridine rings is 1. The third-order valence-corrected chi connectivity index (χ3v) is 5.70. The summed E-state index contributed by atoms with van der Waals surface area (Å²) in [5.41, 5.74) is 11.7. The summed E-state index contributed by atoms with van der Waals surface area (Å²) >= 11 is 0. The van der Waals surface area contributed by atoms with Crippen molar-refractivity contribution in [3.63, 3.8) is 0 Å². The molecule has 2 N–H and O–H groups in total. The average Bonchev–Trinajstić information content (AvgIpc) is 2.78. The summed E-state index contributed by atoms with van der Waals surface area (Å²) < 4.78 is 11.2. The highest BCUT2D eigenvalue weighted by molar-refractivity contribution is 5.60. The average molecular weight is 389 g/mol. The van der Waals surface area contributed by atoms with E-state index in [-0.39, 0.29) is 0 Å². The molecular formula is C25H28N2O2. The van der Waals surface area contributed by atoms with Gasteiger partial charge in [0.2, 0.25) is 0 Å². The number of methoxy groups -OCH3 is 1. The number of ether oxygens (including phenoxy) is 2. The van der Waals surface area contributed by atoms with Gasteiger partial charge in [-0.25, -0.2) is 0 Å². The fourth-order valence-corrected chi connectivity index (χ4v) is 3.99. The lowest BCUT2D eigenvalue weighted by atomic mass is 9.82. The summed E-state index contributed by atoms with van der Waals surface area (Å²) in [7, 11) is 1.67. The van der Waals surface area contributed by atoms with E-state index < -0.39 is 0 Å². The van der Waals surface area contributed by atoms with E-state index in [4.69, 9.17) is 15.2 Å². The zero-order valence-corrected chi connectivity index (χ0v) is 16.9. The van der Waals surface area contributed by atoms with Crippen LogP contribution in [0.15, 0.2) is 60.8 Å². The highest BCUT2D eigenvalue weighted by Gasteiger charge is 2.18. The molecule has 29 heavy (non-hydrogen) atoms. The van der Waals surface area contributed by atoms with Crippen molar-refractivity contribution in [2.24, 2.45) is 11.7 Å². The highest BCUT2D eigenvalue weighted by Crippen LogP contribution is 2.30. The van der Waals surface area contributed by atoms with Gasteiger partial charge in [-0.2, -0.15) is 0 Å². The number of hydrogen-bond acceptors (Lipinski definition) is 4. The Kier molecular flexibility index (Phi) is 6.11. The van der Waals surface area contributed by atoms with Gasteiger partial charge in [0.25, 0.3) is 0 Å². The second-order valence-electron chi connectivity index (χ2n) is 7.69. The van der Waals surface area contributed by atoms with Crippen LogP contribution in [0.1, 0.15) is 29.5 Å². The van der Waals surface area contributed by atoms with Crippen LogP contribution < -0.4 is 15.2 Å². The Morgan fingerprint density at radius 1 is 1.00 bits per heavy atom. The molecule has 0 fully saturated rings. The van der Waals surface area contributed by atoms with Crippen LogP contribution in [-0.2, 0) is 19.4 Å². The van der Waals surface area contributed by atoms with Gasteiger partial charge in [-0.15, -0.1) is 0 Å². The van der Waals surface area contributed by atoms with Crippen LogP contribution in [0.25, 0.3) is 11.3 Å². The molecule has 4 rings (SSSR count). The molecule has 1 aliphatic carbocycles. The Morgan fingerprint density at radius 3 is 2.55 bits per heavy atom. The Morgan fingerprint density at radius 2 is 1.83 bits per heavy atom. The monoisotopic (exact) mass is 388 g/mol. The maximum Gasteiger partial charge on any atom is 0.120 e. The first kappa shape index (κ1) is 19.5. The number of nitrogens with zero attached hydrogens (tertiary/aromatic N) is 1. The van der Waals surface area contributed by atoms with Crippen molar-refractivity contribution in [1.29, 1.82) is 0 Å². The molecule has 0 saturated heterocycles. The Hall–Kier alpha value is -2.85. The number of rotatable bonds is 7. The predicted molar refractivity (Wildman–Crippen MR) is 116 cm³/mol. The molecule has 0 amide bonds. The Bertz CT molecular complexity index is 936. The van der Waals surface area contributed by atoms with Gasteiger partial charge in [0, 0.05) is 17.3 Å². The minimum atomic E-state index is 0.518. The van der Waals surface area contributed by atoms with Gasteiger partial charge in [-0.3, -0.25) is 4.98 Å². The van der Waals surface area contributed by atoms with Crippen molar-refractivity contribution in [2.75, 3.05) is 13.7 Å². The van der Waals surface area contributed by atoms with E-state index in [1.165, 1.54) is 17.5 Å². The van der Waals surface area contributed by atoms with Gasteiger partial charge in [0.15, 0.2) is 0 Å². The van der Waals surface area contributed by atoms with Crippen LogP contribution >= 0.6 is 0 Å². The van der Waals surface area contributed by atoms with Gasteiger partial charge < -0.3 is 15.2 Å². The van der Waals surface area contributed by atoms with E-state index >= 15 is 0 Å². The predicted octanol–water partition coefficient (Wildman–Crippen LogP) is 4.79. The van der Waals surface area contributed by atoms with Crippen molar-refractivity contribution in [3.8, 4) is 22.8 Å². The van der Waals surface area contributed by atoms with E-state index in [2.05, 4.69) is 29.2 Å². The van der Waals surface area contributed by atoms with Crippen LogP contribution in [0.3, 0.4) is 0 Å². The zero-order chi connectivity index (χ0) is 20.1. The molecular weight excluding hydrogens is 360 g/mol. The van der Waals surface area contributed by atoms with E-state index in [9.17, 15) is 0 Å². The first-order chi connectivity index (χ1) is 14.2. The lowest BCUT2D eigenvalue weighted by molar-refractivity contribution is 0.304. The molecule has 1 atom stereocenters. The summed E-state index contributed by atoms with van der Waals surface area (Å²) in [4.78, 5) is 4.58. The van der Waals surface area contributed by atoms with E-state index in [1.54, 1.807) is 7.11 Å². The molecule has 150 valence electrons. The Labute approximate surface area is 172 Å². The summed E-state index contributed by atoms with van der Waals surface area (Å²) in [6, 6.07) is 18.5. The first-order valence-electron chi connectivity index (χ1n) is 10.3. The van der Waals surface area contributed by atoms with Crippen molar-refractivity contribution in [1.82, 2.24) is 4.98 Å². The Balaban J connectivity index is 1.37. The minimum Gasteiger partial charge on any atom is -0.497 e. The summed E-state index contributed by atoms with van der Waals surface area (Å²) in [6.45, 7) is 1.30. The van der Waals surface area contributed by atoms with E-state index in [0.29, 0.717) is 6.61 Å². The number of benzene rings is 2. The molecule has 1 unspecified atom stereocenters. The first-order valence-corrected chi connectivity index (χ1v) is 10.3. The van der Waals surface area contributed by atoms with E-state index in [1.807, 2.05) is 36.5 Å². The molecule has 2 aromatic carbocycles.